The lowest BCUT2D eigenvalue weighted by molar-refractivity contribution is -0.384. The third-order valence-electron chi connectivity index (χ3n) is 3.01. The van der Waals surface area contributed by atoms with Gasteiger partial charge in [-0.3, -0.25) is 19.7 Å². The third kappa shape index (κ3) is 5.52. The lowest BCUT2D eigenvalue weighted by atomic mass is 10.1. The SMILES string of the molecule is CNC(=O)/C(CC(=O)OC)=C(O)\N=C\Cc1ccc([N+](=O)[O-])cc1. The summed E-state index contributed by atoms with van der Waals surface area (Å²) in [6, 6.07) is 5.82. The Labute approximate surface area is 137 Å². The number of carbonyl (C=O) groups excluding carboxylic acids is 2. The van der Waals surface area contributed by atoms with Gasteiger partial charge >= 0.3 is 5.97 Å². The number of likely N-dealkylation sites (N-methyl/N-ethyl adjacent to an activating group) is 1. The number of nitro benzene ring substituents is 1. The first-order valence-electron chi connectivity index (χ1n) is 6.86. The van der Waals surface area contributed by atoms with E-state index < -0.39 is 29.1 Å². The number of aliphatic hydroxyl groups is 1. The van der Waals surface area contributed by atoms with Crippen molar-refractivity contribution in [3.63, 3.8) is 0 Å². The molecular formula is C15H17N3O6. The summed E-state index contributed by atoms with van der Waals surface area (Å²) in [7, 11) is 2.52. The van der Waals surface area contributed by atoms with E-state index in [1.54, 1.807) is 12.1 Å². The molecule has 0 fully saturated rings. The first kappa shape index (κ1) is 18.8. The van der Waals surface area contributed by atoms with E-state index in [0.717, 1.165) is 5.56 Å². The van der Waals surface area contributed by atoms with Crippen LogP contribution >= 0.6 is 0 Å². The van der Waals surface area contributed by atoms with E-state index in [1.807, 2.05) is 0 Å². The zero-order chi connectivity index (χ0) is 18.1. The van der Waals surface area contributed by atoms with Crippen LogP contribution in [0, 0.1) is 10.1 Å². The van der Waals surface area contributed by atoms with E-state index in [4.69, 9.17) is 0 Å². The fraction of sp³-hybridized carbons (Fsp3) is 0.267. The van der Waals surface area contributed by atoms with Gasteiger partial charge in [-0.05, 0) is 5.56 Å². The average molecular weight is 335 g/mol. The summed E-state index contributed by atoms with van der Waals surface area (Å²) < 4.78 is 4.46. The minimum atomic E-state index is -0.689. The number of hydrogen-bond donors (Lipinski definition) is 2. The van der Waals surface area contributed by atoms with Crippen molar-refractivity contribution < 1.29 is 24.4 Å². The van der Waals surface area contributed by atoms with E-state index in [0.29, 0.717) is 0 Å². The molecule has 1 rings (SSSR count). The fourth-order valence-corrected chi connectivity index (χ4v) is 1.70. The standard InChI is InChI=1S/C15H17N3O6/c1-16-14(20)12(9-13(19)24-2)15(21)17-8-7-10-3-5-11(6-4-10)18(22)23/h3-6,8,21H,7,9H2,1-2H3,(H,16,20)/b15-12+,17-8+. The Balaban J connectivity index is 2.85. The lowest BCUT2D eigenvalue weighted by Crippen LogP contribution is -2.23. The highest BCUT2D eigenvalue weighted by Crippen LogP contribution is 2.13. The molecular weight excluding hydrogens is 318 g/mol. The number of nitrogens with zero attached hydrogens (tertiary/aromatic N) is 2. The number of nitrogens with one attached hydrogen (secondary N) is 1. The van der Waals surface area contributed by atoms with Crippen LogP contribution < -0.4 is 5.32 Å². The number of amides is 1. The van der Waals surface area contributed by atoms with Gasteiger partial charge in [0.2, 0.25) is 5.88 Å². The van der Waals surface area contributed by atoms with E-state index >= 15 is 0 Å². The van der Waals surface area contributed by atoms with Crippen LogP contribution in [0.25, 0.3) is 0 Å². The van der Waals surface area contributed by atoms with Gasteiger partial charge in [-0.1, -0.05) is 12.1 Å². The van der Waals surface area contributed by atoms with Crippen LogP contribution in [-0.2, 0) is 20.7 Å². The van der Waals surface area contributed by atoms with Crippen molar-refractivity contribution in [3.8, 4) is 0 Å². The summed E-state index contributed by atoms with van der Waals surface area (Å²) in [5, 5.41) is 22.7. The highest BCUT2D eigenvalue weighted by Gasteiger charge is 2.18. The zero-order valence-corrected chi connectivity index (χ0v) is 13.2. The van der Waals surface area contributed by atoms with Crippen LogP contribution in [0.5, 0.6) is 0 Å². The van der Waals surface area contributed by atoms with Gasteiger partial charge in [-0.25, -0.2) is 4.99 Å². The van der Waals surface area contributed by atoms with Gasteiger partial charge in [0.05, 0.1) is 24.0 Å². The Morgan fingerprint density at radius 3 is 2.50 bits per heavy atom. The summed E-state index contributed by atoms with van der Waals surface area (Å²) in [5.74, 6) is -1.93. The van der Waals surface area contributed by atoms with Crippen molar-refractivity contribution >= 4 is 23.8 Å². The first-order chi connectivity index (χ1) is 11.4. The molecule has 0 aromatic heterocycles. The van der Waals surface area contributed by atoms with Crippen molar-refractivity contribution in [3.05, 3.63) is 51.4 Å². The molecule has 2 N–H and O–H groups in total. The molecule has 0 aliphatic rings. The molecule has 0 heterocycles. The number of non-ortho nitro benzene ring substituents is 1. The maximum atomic E-state index is 11.7. The molecule has 1 aromatic rings. The van der Waals surface area contributed by atoms with Crippen LogP contribution in [0.3, 0.4) is 0 Å². The minimum Gasteiger partial charge on any atom is -0.493 e. The molecule has 0 aliphatic carbocycles. The van der Waals surface area contributed by atoms with E-state index in [9.17, 15) is 24.8 Å². The molecule has 0 bridgehead atoms. The summed E-state index contributed by atoms with van der Waals surface area (Å²) in [5.41, 5.74) is 0.481. The van der Waals surface area contributed by atoms with Crippen molar-refractivity contribution in [1.82, 2.24) is 5.32 Å². The molecule has 0 aliphatic heterocycles. The molecule has 1 aromatic carbocycles. The number of esters is 1. The molecule has 24 heavy (non-hydrogen) atoms. The predicted molar refractivity (Wildman–Crippen MR) is 85.6 cm³/mol. The molecule has 0 saturated carbocycles. The van der Waals surface area contributed by atoms with Crippen LogP contribution in [-0.4, -0.2) is 42.3 Å². The molecule has 9 heteroatoms. The number of ether oxygens (including phenoxy) is 1. The number of rotatable bonds is 7. The maximum Gasteiger partial charge on any atom is 0.310 e. The lowest BCUT2D eigenvalue weighted by Gasteiger charge is -2.05. The highest BCUT2D eigenvalue weighted by molar-refractivity contribution is 5.98. The summed E-state index contributed by atoms with van der Waals surface area (Å²) >= 11 is 0. The molecule has 0 saturated heterocycles. The smallest absolute Gasteiger partial charge is 0.310 e. The number of carbonyl (C=O) groups is 2. The second-order valence-corrected chi connectivity index (χ2v) is 4.57. The van der Waals surface area contributed by atoms with Crippen LogP contribution in [0.2, 0.25) is 0 Å². The Hall–Kier alpha value is -3.23. The van der Waals surface area contributed by atoms with Gasteiger partial charge in [-0.15, -0.1) is 0 Å². The van der Waals surface area contributed by atoms with Crippen molar-refractivity contribution in [1.29, 1.82) is 0 Å². The monoisotopic (exact) mass is 335 g/mol. The Morgan fingerprint density at radius 1 is 1.38 bits per heavy atom. The second kappa shape index (κ2) is 9.03. The molecule has 0 spiro atoms. The number of nitro groups is 1. The van der Waals surface area contributed by atoms with Crippen molar-refractivity contribution in [2.45, 2.75) is 12.8 Å². The number of aliphatic imine (C=N–C) groups is 1. The normalized spacial score (nSPS) is 11.8. The quantitative estimate of drug-likeness (QED) is 0.193. The average Bonchev–Trinajstić information content (AvgIpc) is 2.58. The first-order valence-corrected chi connectivity index (χ1v) is 6.86. The Kier molecular flexibility index (Phi) is 7.08. The minimum absolute atomic E-state index is 0.0292. The molecule has 0 atom stereocenters. The summed E-state index contributed by atoms with van der Waals surface area (Å²) in [6.45, 7) is 0. The van der Waals surface area contributed by atoms with Gasteiger partial charge in [0.25, 0.3) is 11.6 Å². The molecule has 128 valence electrons. The van der Waals surface area contributed by atoms with Crippen LogP contribution in [0.1, 0.15) is 12.0 Å². The van der Waals surface area contributed by atoms with Gasteiger partial charge < -0.3 is 15.2 Å². The van der Waals surface area contributed by atoms with Crippen LogP contribution in [0.4, 0.5) is 5.69 Å². The highest BCUT2D eigenvalue weighted by atomic mass is 16.6. The number of aliphatic hydroxyl groups excluding tert-OH is 1. The molecule has 9 nitrogen and oxygen atoms in total. The van der Waals surface area contributed by atoms with Crippen LogP contribution in [0.15, 0.2) is 40.7 Å². The van der Waals surface area contributed by atoms with E-state index in [1.165, 1.54) is 32.5 Å². The van der Waals surface area contributed by atoms with Crippen molar-refractivity contribution in [2.24, 2.45) is 4.99 Å². The van der Waals surface area contributed by atoms with Gasteiger partial charge in [-0.2, -0.15) is 0 Å². The number of benzene rings is 1. The number of hydrogen-bond acceptors (Lipinski definition) is 7. The number of methoxy groups -OCH3 is 1. The Morgan fingerprint density at radius 2 is 2.00 bits per heavy atom. The third-order valence-corrected chi connectivity index (χ3v) is 3.01. The zero-order valence-electron chi connectivity index (χ0n) is 13.2. The summed E-state index contributed by atoms with van der Waals surface area (Å²) in [6.07, 6.45) is 1.19. The molecule has 0 unspecified atom stereocenters. The fourth-order valence-electron chi connectivity index (χ4n) is 1.70. The van der Waals surface area contributed by atoms with Crippen molar-refractivity contribution in [2.75, 3.05) is 14.2 Å². The van der Waals surface area contributed by atoms with Gasteiger partial charge in [0.15, 0.2) is 0 Å². The maximum absolute atomic E-state index is 11.7. The van der Waals surface area contributed by atoms with E-state index in [-0.39, 0.29) is 17.7 Å². The topological polar surface area (TPSA) is 131 Å². The molecule has 1 amide bonds. The second-order valence-electron chi connectivity index (χ2n) is 4.57. The largest absolute Gasteiger partial charge is 0.493 e. The van der Waals surface area contributed by atoms with Gasteiger partial charge in [0, 0.05) is 31.8 Å². The van der Waals surface area contributed by atoms with E-state index in [2.05, 4.69) is 15.0 Å². The Bertz CT molecular complexity index is 679. The van der Waals surface area contributed by atoms with Gasteiger partial charge in [0.1, 0.15) is 0 Å². The molecule has 0 radical (unpaired) electrons. The predicted octanol–water partition coefficient (Wildman–Crippen LogP) is 1.29. The summed E-state index contributed by atoms with van der Waals surface area (Å²) in [4.78, 5) is 36.7.